The predicted octanol–water partition coefficient (Wildman–Crippen LogP) is 3.10. The summed E-state index contributed by atoms with van der Waals surface area (Å²) in [5, 5.41) is 31.8. The molecule has 0 aromatic rings. The summed E-state index contributed by atoms with van der Waals surface area (Å²) >= 11 is 3.69. The van der Waals surface area contributed by atoms with Crippen molar-refractivity contribution in [3.63, 3.8) is 0 Å². The number of hydrogen-bond donors (Lipinski definition) is 3. The average Bonchev–Trinajstić information content (AvgIpc) is 2.73. The molecule has 23 heavy (non-hydrogen) atoms. The van der Waals surface area contributed by atoms with Crippen molar-refractivity contribution >= 4 is 15.9 Å². The number of hydrogen-bond acceptors (Lipinski definition) is 3. The molecule has 132 valence electrons. The van der Waals surface area contributed by atoms with Crippen LogP contribution in [0.3, 0.4) is 0 Å². The molecule has 0 bridgehead atoms. The first-order valence-electron chi connectivity index (χ1n) is 9.45. The van der Waals surface area contributed by atoms with Crippen LogP contribution in [0.2, 0.25) is 0 Å². The lowest BCUT2D eigenvalue weighted by Crippen LogP contribution is -2.58. The molecule has 0 amide bonds. The molecule has 3 nitrogen and oxygen atoms in total. The Morgan fingerprint density at radius 2 is 1.57 bits per heavy atom. The van der Waals surface area contributed by atoms with E-state index in [-0.39, 0.29) is 34.0 Å². The topological polar surface area (TPSA) is 60.7 Å². The first kappa shape index (κ1) is 16.8. The molecule has 10 atom stereocenters. The molecule has 4 aliphatic carbocycles. The van der Waals surface area contributed by atoms with Crippen LogP contribution in [0.4, 0.5) is 0 Å². The van der Waals surface area contributed by atoms with Gasteiger partial charge in [-0.1, -0.05) is 29.8 Å². The monoisotopic (exact) mass is 386 g/mol. The van der Waals surface area contributed by atoms with Gasteiger partial charge in [0, 0.05) is 4.83 Å². The summed E-state index contributed by atoms with van der Waals surface area (Å²) in [5.74, 6) is 1.74. The minimum Gasteiger partial charge on any atom is -0.393 e. The van der Waals surface area contributed by atoms with Gasteiger partial charge in [0.25, 0.3) is 0 Å². The van der Waals surface area contributed by atoms with Crippen LogP contribution < -0.4 is 0 Å². The second-order valence-corrected chi connectivity index (χ2v) is 10.6. The minimum absolute atomic E-state index is 0.0479. The number of alkyl halides is 1. The van der Waals surface area contributed by atoms with Crippen molar-refractivity contribution in [1.82, 2.24) is 0 Å². The molecule has 0 aromatic carbocycles. The molecule has 0 saturated heterocycles. The molecule has 4 saturated carbocycles. The maximum atomic E-state index is 11.0. The van der Waals surface area contributed by atoms with Crippen molar-refractivity contribution in [1.29, 1.82) is 0 Å². The molecule has 4 rings (SSSR count). The van der Waals surface area contributed by atoms with Gasteiger partial charge in [-0.05, 0) is 79.4 Å². The second-order valence-electron chi connectivity index (χ2n) is 9.47. The number of aliphatic hydroxyl groups excluding tert-OH is 3. The first-order chi connectivity index (χ1) is 10.8. The van der Waals surface area contributed by atoms with Crippen molar-refractivity contribution in [2.75, 3.05) is 0 Å². The van der Waals surface area contributed by atoms with Crippen LogP contribution in [-0.4, -0.2) is 38.5 Å². The van der Waals surface area contributed by atoms with Crippen LogP contribution in [0.5, 0.6) is 0 Å². The Balaban J connectivity index is 1.68. The Morgan fingerprint density at radius 1 is 0.870 bits per heavy atom. The molecular weight excluding hydrogens is 356 g/mol. The van der Waals surface area contributed by atoms with Crippen LogP contribution in [0, 0.1) is 34.5 Å². The second kappa shape index (κ2) is 5.43. The summed E-state index contributed by atoms with van der Waals surface area (Å²) < 4.78 is 0. The lowest BCUT2D eigenvalue weighted by Gasteiger charge is -2.61. The van der Waals surface area contributed by atoms with Crippen molar-refractivity contribution in [2.24, 2.45) is 34.5 Å². The van der Waals surface area contributed by atoms with E-state index >= 15 is 0 Å². The average molecular weight is 387 g/mol. The highest BCUT2D eigenvalue weighted by atomic mass is 79.9. The van der Waals surface area contributed by atoms with Crippen molar-refractivity contribution in [2.45, 2.75) is 81.9 Å². The van der Waals surface area contributed by atoms with Crippen LogP contribution >= 0.6 is 15.9 Å². The van der Waals surface area contributed by atoms with Gasteiger partial charge in [-0.25, -0.2) is 0 Å². The maximum Gasteiger partial charge on any atom is 0.0721 e. The zero-order valence-electron chi connectivity index (χ0n) is 14.3. The summed E-state index contributed by atoms with van der Waals surface area (Å²) in [6.45, 7) is 4.67. The van der Waals surface area contributed by atoms with Gasteiger partial charge in [-0.3, -0.25) is 0 Å². The van der Waals surface area contributed by atoms with Gasteiger partial charge in [-0.15, -0.1) is 0 Å². The summed E-state index contributed by atoms with van der Waals surface area (Å²) in [6, 6.07) is 0. The minimum atomic E-state index is -0.292. The molecule has 4 aliphatic rings. The predicted molar refractivity (Wildman–Crippen MR) is 93.2 cm³/mol. The first-order valence-corrected chi connectivity index (χ1v) is 10.4. The van der Waals surface area contributed by atoms with Gasteiger partial charge in [-0.2, -0.15) is 0 Å². The van der Waals surface area contributed by atoms with E-state index in [2.05, 4.69) is 29.8 Å². The molecule has 0 aliphatic heterocycles. The van der Waals surface area contributed by atoms with Crippen LogP contribution in [0.15, 0.2) is 0 Å². The van der Waals surface area contributed by atoms with E-state index < -0.39 is 0 Å². The molecule has 4 heteroatoms. The quantitative estimate of drug-likeness (QED) is 0.560. The zero-order chi connectivity index (χ0) is 16.6. The summed E-state index contributed by atoms with van der Waals surface area (Å²) in [6.07, 6.45) is 6.15. The fourth-order valence-electron chi connectivity index (χ4n) is 7.15. The molecular formula is C19H31BrO3. The van der Waals surface area contributed by atoms with E-state index in [1.807, 2.05) is 0 Å². The van der Waals surface area contributed by atoms with Gasteiger partial charge in [0.2, 0.25) is 0 Å². The van der Waals surface area contributed by atoms with Gasteiger partial charge < -0.3 is 15.3 Å². The third-order valence-electron chi connectivity index (χ3n) is 8.59. The Morgan fingerprint density at radius 3 is 2.30 bits per heavy atom. The summed E-state index contributed by atoms with van der Waals surface area (Å²) in [4.78, 5) is 0.169. The van der Waals surface area contributed by atoms with Crippen molar-refractivity contribution < 1.29 is 15.3 Å². The lowest BCUT2D eigenvalue weighted by molar-refractivity contribution is -0.176. The summed E-state index contributed by atoms with van der Waals surface area (Å²) in [5.41, 5.74) is 0.216. The number of halogens is 1. The van der Waals surface area contributed by atoms with Gasteiger partial charge in [0.15, 0.2) is 0 Å². The standard InChI is InChI=1S/C19H31BrO3/c1-18-5-3-11(21)7-10(18)8-15(22)16-12(18)4-6-19(2)13(16)9-14(20)17(19)23/h10-17,21-23H,3-9H2,1-2H3/t10-,11+,12+,13+,14+,15+,16-,17?,18+,19+/m1/s1. The van der Waals surface area contributed by atoms with Crippen molar-refractivity contribution in [3.05, 3.63) is 0 Å². The number of aliphatic hydroxyl groups is 3. The fraction of sp³-hybridized carbons (Fsp3) is 1.00. The van der Waals surface area contributed by atoms with Crippen LogP contribution in [-0.2, 0) is 0 Å². The van der Waals surface area contributed by atoms with Gasteiger partial charge >= 0.3 is 0 Å². The summed E-state index contributed by atoms with van der Waals surface area (Å²) in [7, 11) is 0. The van der Waals surface area contributed by atoms with E-state index in [1.54, 1.807) is 0 Å². The number of rotatable bonds is 0. The molecule has 0 heterocycles. The normalized spacial score (nSPS) is 62.3. The SMILES string of the molecule is C[C@]12CC[C@H](O)C[C@@H]1C[C@H](O)[C@@H]1[C@@H]2CC[C@]2(C)C(O)[C@@H](Br)C[C@@H]12. The smallest absolute Gasteiger partial charge is 0.0721 e. The molecule has 3 N–H and O–H groups in total. The molecule has 0 radical (unpaired) electrons. The Labute approximate surface area is 148 Å². The molecule has 0 aromatic heterocycles. The molecule has 4 fully saturated rings. The highest BCUT2D eigenvalue weighted by Gasteiger charge is 2.63. The van der Waals surface area contributed by atoms with E-state index in [1.165, 1.54) is 0 Å². The maximum absolute atomic E-state index is 11.0. The van der Waals surface area contributed by atoms with E-state index in [9.17, 15) is 15.3 Å². The zero-order valence-corrected chi connectivity index (χ0v) is 15.9. The van der Waals surface area contributed by atoms with E-state index in [4.69, 9.17) is 0 Å². The molecule has 1 unspecified atom stereocenters. The largest absolute Gasteiger partial charge is 0.393 e. The highest BCUT2D eigenvalue weighted by Crippen LogP contribution is 2.66. The van der Waals surface area contributed by atoms with Gasteiger partial charge in [0.05, 0.1) is 18.3 Å². The van der Waals surface area contributed by atoms with Gasteiger partial charge in [0.1, 0.15) is 0 Å². The Bertz CT molecular complexity index is 485. The lowest BCUT2D eigenvalue weighted by atomic mass is 9.44. The van der Waals surface area contributed by atoms with E-state index in [0.717, 1.165) is 44.9 Å². The van der Waals surface area contributed by atoms with Crippen LogP contribution in [0.25, 0.3) is 0 Å². The Hall–Kier alpha value is 0.360. The van der Waals surface area contributed by atoms with Crippen molar-refractivity contribution in [3.8, 4) is 0 Å². The molecule has 0 spiro atoms. The fourth-order valence-corrected chi connectivity index (χ4v) is 8.15. The Kier molecular flexibility index (Phi) is 3.97. The third kappa shape index (κ3) is 2.24. The highest BCUT2D eigenvalue weighted by molar-refractivity contribution is 9.09. The van der Waals surface area contributed by atoms with E-state index in [0.29, 0.717) is 23.7 Å². The third-order valence-corrected chi connectivity index (χ3v) is 9.47. The van der Waals surface area contributed by atoms with Crippen LogP contribution in [0.1, 0.15) is 58.8 Å². The number of fused-ring (bicyclic) bond motifs is 5.